The number of epoxide rings is 1. The van der Waals surface area contributed by atoms with Crippen LogP contribution in [0.5, 0.6) is 0 Å². The molecule has 3 fully saturated rings. The zero-order valence-corrected chi connectivity index (χ0v) is 14.7. The number of ether oxygens (including phenoxy) is 1. The van der Waals surface area contributed by atoms with Crippen LogP contribution in [0.1, 0.15) is 66.2 Å². The van der Waals surface area contributed by atoms with Gasteiger partial charge in [-0.15, -0.1) is 0 Å². The van der Waals surface area contributed by atoms with E-state index in [9.17, 15) is 5.11 Å². The van der Waals surface area contributed by atoms with Gasteiger partial charge in [-0.05, 0) is 76.5 Å². The van der Waals surface area contributed by atoms with Crippen LogP contribution >= 0.6 is 0 Å². The van der Waals surface area contributed by atoms with Crippen LogP contribution in [0.15, 0.2) is 23.8 Å². The molecule has 1 heterocycles. The first kappa shape index (κ1) is 16.3. The molecule has 1 aliphatic heterocycles. The summed E-state index contributed by atoms with van der Waals surface area (Å²) in [6, 6.07) is 0. The summed E-state index contributed by atoms with van der Waals surface area (Å²) in [5.74, 6) is 1.34. The number of hydrogen-bond donors (Lipinski definition) is 1. The van der Waals surface area contributed by atoms with Crippen molar-refractivity contribution in [3.63, 3.8) is 0 Å². The number of hydrogen-bond acceptors (Lipinski definition) is 2. The molecule has 3 rings (SSSR count). The summed E-state index contributed by atoms with van der Waals surface area (Å²) in [6.45, 7) is 13.1. The molecule has 6 atom stereocenters. The minimum atomic E-state index is -0.308. The van der Waals surface area contributed by atoms with E-state index in [0.29, 0.717) is 17.9 Å². The second-order valence-corrected chi connectivity index (χ2v) is 8.74. The molecule has 22 heavy (non-hydrogen) atoms. The van der Waals surface area contributed by atoms with Crippen molar-refractivity contribution in [3.8, 4) is 0 Å². The Balaban J connectivity index is 1.70. The SMILES string of the molecule is C=C1CC[C@@H]2O[C@]2(C)CC[C@H]2[C@H]1C[C@@]2(C)C[C@@H](O)C=C(C)C. The van der Waals surface area contributed by atoms with Crippen LogP contribution in [0, 0.1) is 17.3 Å². The summed E-state index contributed by atoms with van der Waals surface area (Å²) in [5.41, 5.74) is 3.01. The fourth-order valence-corrected chi connectivity index (χ4v) is 5.08. The molecular weight excluding hydrogens is 272 g/mol. The quantitative estimate of drug-likeness (QED) is 0.609. The Bertz CT molecular complexity index is 490. The highest BCUT2D eigenvalue weighted by molar-refractivity contribution is 5.18. The minimum Gasteiger partial charge on any atom is -0.389 e. The van der Waals surface area contributed by atoms with Crippen molar-refractivity contribution in [2.75, 3.05) is 0 Å². The maximum atomic E-state index is 10.3. The summed E-state index contributed by atoms with van der Waals surface area (Å²) < 4.78 is 5.94. The molecule has 0 aromatic heterocycles. The maximum Gasteiger partial charge on any atom is 0.0920 e. The Morgan fingerprint density at radius 1 is 1.41 bits per heavy atom. The number of rotatable bonds is 3. The van der Waals surface area contributed by atoms with Crippen LogP contribution in [0.3, 0.4) is 0 Å². The molecule has 0 amide bonds. The van der Waals surface area contributed by atoms with Crippen molar-refractivity contribution in [1.29, 1.82) is 0 Å². The van der Waals surface area contributed by atoms with Gasteiger partial charge < -0.3 is 9.84 Å². The van der Waals surface area contributed by atoms with Gasteiger partial charge >= 0.3 is 0 Å². The predicted octanol–water partition coefficient (Wildman–Crippen LogP) is 4.63. The van der Waals surface area contributed by atoms with Crippen molar-refractivity contribution >= 4 is 0 Å². The van der Waals surface area contributed by atoms with E-state index >= 15 is 0 Å². The molecule has 3 aliphatic rings. The first-order chi connectivity index (χ1) is 10.2. The van der Waals surface area contributed by atoms with Gasteiger partial charge in [0.25, 0.3) is 0 Å². The van der Waals surface area contributed by atoms with Crippen LogP contribution in [0.4, 0.5) is 0 Å². The average Bonchev–Trinajstić information content (AvgIpc) is 3.02. The lowest BCUT2D eigenvalue weighted by Gasteiger charge is -2.55. The molecule has 1 saturated heterocycles. The molecule has 2 aliphatic carbocycles. The van der Waals surface area contributed by atoms with E-state index in [-0.39, 0.29) is 17.1 Å². The summed E-state index contributed by atoms with van der Waals surface area (Å²) in [7, 11) is 0. The molecule has 0 aromatic rings. The summed E-state index contributed by atoms with van der Waals surface area (Å²) in [5, 5.41) is 10.3. The van der Waals surface area contributed by atoms with Gasteiger partial charge in [0.05, 0.1) is 17.8 Å². The van der Waals surface area contributed by atoms with Gasteiger partial charge in [0, 0.05) is 0 Å². The van der Waals surface area contributed by atoms with Crippen molar-refractivity contribution in [1.82, 2.24) is 0 Å². The number of aliphatic hydroxyl groups excluding tert-OH is 1. The summed E-state index contributed by atoms with van der Waals surface area (Å²) >= 11 is 0. The van der Waals surface area contributed by atoms with Crippen LogP contribution in [-0.4, -0.2) is 22.9 Å². The highest BCUT2D eigenvalue weighted by Crippen LogP contribution is 2.61. The Morgan fingerprint density at radius 2 is 2.14 bits per heavy atom. The van der Waals surface area contributed by atoms with E-state index in [4.69, 9.17) is 4.74 Å². The third kappa shape index (κ3) is 2.92. The molecule has 0 unspecified atom stereocenters. The van der Waals surface area contributed by atoms with Crippen LogP contribution < -0.4 is 0 Å². The normalized spacial score (nSPS) is 45.3. The number of allylic oxidation sites excluding steroid dienone is 2. The van der Waals surface area contributed by atoms with Gasteiger partial charge in [-0.1, -0.05) is 30.7 Å². The van der Waals surface area contributed by atoms with Crippen molar-refractivity contribution in [2.45, 2.75) is 84.0 Å². The monoisotopic (exact) mass is 304 g/mol. The average molecular weight is 304 g/mol. The predicted molar refractivity (Wildman–Crippen MR) is 90.6 cm³/mol. The van der Waals surface area contributed by atoms with E-state index < -0.39 is 0 Å². The molecule has 0 spiro atoms. The van der Waals surface area contributed by atoms with E-state index in [2.05, 4.69) is 34.3 Å². The fourth-order valence-electron chi connectivity index (χ4n) is 5.08. The van der Waals surface area contributed by atoms with Crippen molar-refractivity contribution in [3.05, 3.63) is 23.8 Å². The van der Waals surface area contributed by atoms with Crippen molar-refractivity contribution in [2.24, 2.45) is 17.3 Å². The highest BCUT2D eigenvalue weighted by atomic mass is 16.6. The molecule has 124 valence electrons. The lowest BCUT2D eigenvalue weighted by Crippen LogP contribution is -2.48. The maximum absolute atomic E-state index is 10.3. The molecule has 0 bridgehead atoms. The molecule has 2 saturated carbocycles. The second kappa shape index (κ2) is 5.49. The minimum absolute atomic E-state index is 0.129. The van der Waals surface area contributed by atoms with Gasteiger partial charge in [-0.2, -0.15) is 0 Å². The third-order valence-corrected chi connectivity index (χ3v) is 6.51. The van der Waals surface area contributed by atoms with E-state index in [1.165, 1.54) is 30.4 Å². The second-order valence-electron chi connectivity index (χ2n) is 8.74. The lowest BCUT2D eigenvalue weighted by atomic mass is 9.49. The lowest BCUT2D eigenvalue weighted by molar-refractivity contribution is -0.0475. The zero-order valence-electron chi connectivity index (χ0n) is 14.7. The van der Waals surface area contributed by atoms with Crippen LogP contribution in [-0.2, 0) is 4.74 Å². The first-order valence-corrected chi connectivity index (χ1v) is 8.92. The Labute approximate surface area is 135 Å². The van der Waals surface area contributed by atoms with Gasteiger partial charge in [0.1, 0.15) is 0 Å². The fraction of sp³-hybridized carbons (Fsp3) is 0.800. The van der Waals surface area contributed by atoms with E-state index in [0.717, 1.165) is 19.3 Å². The Morgan fingerprint density at radius 3 is 2.82 bits per heavy atom. The zero-order chi connectivity index (χ0) is 16.1. The summed E-state index contributed by atoms with van der Waals surface area (Å²) in [6.07, 6.45) is 8.89. The molecule has 1 N–H and O–H groups in total. The van der Waals surface area contributed by atoms with Crippen molar-refractivity contribution < 1.29 is 9.84 Å². The number of fused-ring (bicyclic) bond motifs is 2. The largest absolute Gasteiger partial charge is 0.389 e. The van der Waals surface area contributed by atoms with E-state index in [1.54, 1.807) is 0 Å². The molecule has 0 radical (unpaired) electrons. The van der Waals surface area contributed by atoms with Gasteiger partial charge in [-0.25, -0.2) is 0 Å². The highest BCUT2D eigenvalue weighted by Gasteiger charge is 2.57. The van der Waals surface area contributed by atoms with Crippen LogP contribution in [0.25, 0.3) is 0 Å². The van der Waals surface area contributed by atoms with Gasteiger partial charge in [-0.3, -0.25) is 0 Å². The Kier molecular flexibility index (Phi) is 4.06. The molecule has 0 aromatic carbocycles. The third-order valence-electron chi connectivity index (χ3n) is 6.51. The smallest absolute Gasteiger partial charge is 0.0920 e. The summed E-state index contributed by atoms with van der Waals surface area (Å²) in [4.78, 5) is 0. The van der Waals surface area contributed by atoms with Crippen LogP contribution in [0.2, 0.25) is 0 Å². The van der Waals surface area contributed by atoms with Gasteiger partial charge in [0.15, 0.2) is 0 Å². The topological polar surface area (TPSA) is 32.8 Å². The molecule has 2 heteroatoms. The molecular formula is C20H32O2. The van der Waals surface area contributed by atoms with Gasteiger partial charge in [0.2, 0.25) is 0 Å². The molecule has 2 nitrogen and oxygen atoms in total. The number of aliphatic hydroxyl groups is 1. The Hall–Kier alpha value is -0.600. The first-order valence-electron chi connectivity index (χ1n) is 8.92. The standard InChI is InChI=1S/C20H32O2/c1-13(2)10-15(21)11-19(4)12-16-14(3)6-7-18-20(5,22-18)9-8-17(16)19/h10,15-18,21H,3,6-9,11-12H2,1-2,4-5H3/t15-,16-,17-,18-,19+,20+/m0/s1. The van der Waals surface area contributed by atoms with E-state index in [1.807, 2.05) is 6.08 Å².